The molecule has 1 heteroatoms. The van der Waals surface area contributed by atoms with Crippen LogP contribution in [0.1, 0.15) is 27.2 Å². The van der Waals surface area contributed by atoms with Crippen LogP contribution in [0.5, 0.6) is 0 Å². The van der Waals surface area contributed by atoms with Crippen molar-refractivity contribution in [3.8, 4) is 0 Å². The van der Waals surface area contributed by atoms with Crippen LogP contribution in [0.25, 0.3) is 0 Å². The Kier molecular flexibility index (Phi) is 2.97. The van der Waals surface area contributed by atoms with E-state index in [1.54, 1.807) is 0 Å². The first kappa shape index (κ1) is 10.1. The first-order valence-corrected chi connectivity index (χ1v) is 4.87. The Labute approximate surface area is 81.4 Å². The molecule has 13 heavy (non-hydrogen) atoms. The fourth-order valence-electron chi connectivity index (χ4n) is 1.24. The lowest BCUT2D eigenvalue weighted by atomic mass is 9.99. The SMILES string of the molecule is CCC(C)(C)N(C)c1ccccc1. The van der Waals surface area contributed by atoms with Gasteiger partial charge in [0.05, 0.1) is 0 Å². The van der Waals surface area contributed by atoms with Crippen molar-refractivity contribution in [2.24, 2.45) is 0 Å². The molecule has 1 rings (SSSR count). The molecule has 0 aliphatic carbocycles. The second-order valence-corrected chi connectivity index (χ2v) is 4.06. The Balaban J connectivity index is 2.85. The Morgan fingerprint density at radius 2 is 1.69 bits per heavy atom. The van der Waals surface area contributed by atoms with Gasteiger partial charge in [0.2, 0.25) is 0 Å². The second-order valence-electron chi connectivity index (χ2n) is 4.06. The van der Waals surface area contributed by atoms with Gasteiger partial charge in [-0.1, -0.05) is 25.1 Å². The van der Waals surface area contributed by atoms with E-state index in [0.717, 1.165) is 6.42 Å². The summed E-state index contributed by atoms with van der Waals surface area (Å²) in [5, 5.41) is 0. The zero-order valence-corrected chi connectivity index (χ0v) is 9.04. The minimum atomic E-state index is 0.237. The Bertz CT molecular complexity index is 251. The van der Waals surface area contributed by atoms with Gasteiger partial charge in [0.25, 0.3) is 0 Å². The van der Waals surface area contributed by atoms with E-state index in [0.29, 0.717) is 0 Å². The lowest BCUT2D eigenvalue weighted by molar-refractivity contribution is 0.471. The van der Waals surface area contributed by atoms with Crippen LogP contribution in [-0.4, -0.2) is 12.6 Å². The summed E-state index contributed by atoms with van der Waals surface area (Å²) in [6, 6.07) is 10.5. The average Bonchev–Trinajstić information content (AvgIpc) is 2.18. The summed E-state index contributed by atoms with van der Waals surface area (Å²) in [6.07, 6.45) is 1.15. The van der Waals surface area contributed by atoms with Gasteiger partial charge in [0.1, 0.15) is 0 Å². The van der Waals surface area contributed by atoms with Crippen molar-refractivity contribution in [1.29, 1.82) is 0 Å². The van der Waals surface area contributed by atoms with Gasteiger partial charge in [-0.15, -0.1) is 0 Å². The smallest absolute Gasteiger partial charge is 0.0368 e. The Morgan fingerprint density at radius 3 is 2.15 bits per heavy atom. The summed E-state index contributed by atoms with van der Waals surface area (Å²) in [5.74, 6) is 0. The molecule has 0 radical (unpaired) electrons. The molecule has 0 unspecified atom stereocenters. The number of anilines is 1. The highest BCUT2D eigenvalue weighted by Gasteiger charge is 2.20. The van der Waals surface area contributed by atoms with Gasteiger partial charge in [-0.25, -0.2) is 0 Å². The fourth-order valence-corrected chi connectivity index (χ4v) is 1.24. The normalized spacial score (nSPS) is 11.4. The molecule has 0 aliphatic heterocycles. The molecule has 0 aromatic heterocycles. The van der Waals surface area contributed by atoms with Gasteiger partial charge < -0.3 is 4.90 Å². The number of hydrogen-bond donors (Lipinski definition) is 0. The summed E-state index contributed by atoms with van der Waals surface area (Å²) in [6.45, 7) is 6.75. The van der Waals surface area contributed by atoms with Crippen molar-refractivity contribution in [3.05, 3.63) is 30.3 Å². The molecule has 0 fully saturated rings. The molecule has 0 heterocycles. The highest BCUT2D eigenvalue weighted by atomic mass is 15.2. The maximum Gasteiger partial charge on any atom is 0.0368 e. The number of para-hydroxylation sites is 1. The van der Waals surface area contributed by atoms with Crippen molar-refractivity contribution in [1.82, 2.24) is 0 Å². The van der Waals surface area contributed by atoms with Gasteiger partial charge in [0.15, 0.2) is 0 Å². The molecule has 0 N–H and O–H groups in total. The molecule has 72 valence electrons. The number of rotatable bonds is 3. The van der Waals surface area contributed by atoms with Gasteiger partial charge in [-0.2, -0.15) is 0 Å². The minimum Gasteiger partial charge on any atom is -0.369 e. The maximum absolute atomic E-state index is 2.33. The van der Waals surface area contributed by atoms with Crippen molar-refractivity contribution in [2.45, 2.75) is 32.7 Å². The van der Waals surface area contributed by atoms with Crippen molar-refractivity contribution >= 4 is 5.69 Å². The number of nitrogens with zero attached hydrogens (tertiary/aromatic N) is 1. The van der Waals surface area contributed by atoms with E-state index in [9.17, 15) is 0 Å². The average molecular weight is 177 g/mol. The summed E-state index contributed by atoms with van der Waals surface area (Å²) in [4.78, 5) is 2.33. The molecule has 0 saturated heterocycles. The van der Waals surface area contributed by atoms with E-state index in [-0.39, 0.29) is 5.54 Å². The van der Waals surface area contributed by atoms with Crippen LogP contribution in [0.3, 0.4) is 0 Å². The highest BCUT2D eigenvalue weighted by Crippen LogP contribution is 2.23. The quantitative estimate of drug-likeness (QED) is 0.684. The fraction of sp³-hybridized carbons (Fsp3) is 0.500. The third kappa shape index (κ3) is 2.24. The van der Waals surface area contributed by atoms with Gasteiger partial charge in [-0.3, -0.25) is 0 Å². The molecule has 1 nitrogen and oxygen atoms in total. The second kappa shape index (κ2) is 3.82. The summed E-state index contributed by atoms with van der Waals surface area (Å²) in [7, 11) is 2.15. The van der Waals surface area contributed by atoms with E-state index < -0.39 is 0 Å². The monoisotopic (exact) mass is 177 g/mol. The van der Waals surface area contributed by atoms with Crippen molar-refractivity contribution < 1.29 is 0 Å². The topological polar surface area (TPSA) is 3.24 Å². The Hall–Kier alpha value is -0.980. The number of benzene rings is 1. The predicted molar refractivity (Wildman–Crippen MR) is 59.2 cm³/mol. The summed E-state index contributed by atoms with van der Waals surface area (Å²) < 4.78 is 0. The van der Waals surface area contributed by atoms with Crippen LogP contribution in [0.2, 0.25) is 0 Å². The third-order valence-electron chi connectivity index (χ3n) is 2.92. The molecule has 0 amide bonds. The molecular weight excluding hydrogens is 158 g/mol. The number of hydrogen-bond acceptors (Lipinski definition) is 1. The van der Waals surface area contributed by atoms with E-state index in [1.165, 1.54) is 5.69 Å². The molecule has 0 aliphatic rings. The van der Waals surface area contributed by atoms with Crippen LogP contribution in [-0.2, 0) is 0 Å². The van der Waals surface area contributed by atoms with Gasteiger partial charge >= 0.3 is 0 Å². The molecule has 1 aromatic rings. The molecule has 0 spiro atoms. The van der Waals surface area contributed by atoms with Crippen LogP contribution in [0, 0.1) is 0 Å². The van der Waals surface area contributed by atoms with Crippen molar-refractivity contribution in [3.63, 3.8) is 0 Å². The zero-order chi connectivity index (χ0) is 9.90. The first-order valence-electron chi connectivity index (χ1n) is 4.87. The van der Waals surface area contributed by atoms with Crippen LogP contribution in [0.4, 0.5) is 5.69 Å². The van der Waals surface area contributed by atoms with Crippen LogP contribution in [0.15, 0.2) is 30.3 Å². The van der Waals surface area contributed by atoms with Crippen molar-refractivity contribution in [2.75, 3.05) is 11.9 Å². The van der Waals surface area contributed by atoms with E-state index in [4.69, 9.17) is 0 Å². The first-order chi connectivity index (χ1) is 6.08. The maximum atomic E-state index is 2.33. The highest BCUT2D eigenvalue weighted by molar-refractivity contribution is 5.47. The van der Waals surface area contributed by atoms with E-state index in [2.05, 4.69) is 63.1 Å². The van der Waals surface area contributed by atoms with E-state index >= 15 is 0 Å². The third-order valence-corrected chi connectivity index (χ3v) is 2.92. The van der Waals surface area contributed by atoms with E-state index in [1.807, 2.05) is 0 Å². The standard InChI is InChI=1S/C12H19N/c1-5-12(2,3)13(4)11-9-7-6-8-10-11/h6-10H,5H2,1-4H3. The summed E-state index contributed by atoms with van der Waals surface area (Å²) >= 11 is 0. The molecule has 1 aromatic carbocycles. The zero-order valence-electron chi connectivity index (χ0n) is 9.04. The molecule has 0 bridgehead atoms. The largest absolute Gasteiger partial charge is 0.369 e. The Morgan fingerprint density at radius 1 is 1.15 bits per heavy atom. The lowest BCUT2D eigenvalue weighted by Crippen LogP contribution is -2.40. The molecule has 0 atom stereocenters. The summed E-state index contributed by atoms with van der Waals surface area (Å²) in [5.41, 5.74) is 1.52. The van der Waals surface area contributed by atoms with Gasteiger partial charge in [0, 0.05) is 18.3 Å². The van der Waals surface area contributed by atoms with Crippen LogP contribution < -0.4 is 4.90 Å². The lowest BCUT2D eigenvalue weighted by Gasteiger charge is -2.36. The van der Waals surface area contributed by atoms with Crippen LogP contribution >= 0.6 is 0 Å². The predicted octanol–water partition coefficient (Wildman–Crippen LogP) is 3.31. The minimum absolute atomic E-state index is 0.237. The molecular formula is C12H19N. The van der Waals surface area contributed by atoms with Gasteiger partial charge in [-0.05, 0) is 32.4 Å². The molecule has 0 saturated carbocycles.